The number of amides is 1. The van der Waals surface area contributed by atoms with E-state index in [1.54, 1.807) is 0 Å². The van der Waals surface area contributed by atoms with Gasteiger partial charge in [-0.05, 0) is 36.6 Å². The van der Waals surface area contributed by atoms with Crippen molar-refractivity contribution in [1.82, 2.24) is 9.55 Å². The highest BCUT2D eigenvalue weighted by Gasteiger charge is 2.26. The summed E-state index contributed by atoms with van der Waals surface area (Å²) in [7, 11) is 0. The van der Waals surface area contributed by atoms with Crippen LogP contribution in [0.4, 0.5) is 5.69 Å². The number of nitrogens with zero attached hydrogens (tertiary/aromatic N) is 2. The van der Waals surface area contributed by atoms with Crippen LogP contribution in [0.2, 0.25) is 0 Å². The van der Waals surface area contributed by atoms with Crippen LogP contribution in [-0.4, -0.2) is 22.1 Å². The molecule has 5 nitrogen and oxygen atoms in total. The van der Waals surface area contributed by atoms with E-state index in [1.165, 1.54) is 11.3 Å². The van der Waals surface area contributed by atoms with E-state index in [2.05, 4.69) is 27.0 Å². The van der Waals surface area contributed by atoms with Gasteiger partial charge in [-0.3, -0.25) is 4.79 Å². The summed E-state index contributed by atoms with van der Waals surface area (Å²) in [4.78, 5) is 16.8. The lowest BCUT2D eigenvalue weighted by Gasteiger charge is -2.24. The molecule has 2 unspecified atom stereocenters. The second kappa shape index (κ2) is 7.15. The molecule has 2 aliphatic rings. The molecule has 5 heteroatoms. The maximum absolute atomic E-state index is 12.5. The molecule has 5 rings (SSSR count). The summed E-state index contributed by atoms with van der Waals surface area (Å²) in [6.45, 7) is 1.62. The number of carbonyl (C=O) groups is 1. The van der Waals surface area contributed by atoms with Gasteiger partial charge in [0.2, 0.25) is 5.91 Å². The second-order valence-electron chi connectivity index (χ2n) is 7.63. The van der Waals surface area contributed by atoms with Gasteiger partial charge in [0, 0.05) is 47.9 Å². The number of imidazole rings is 1. The van der Waals surface area contributed by atoms with Gasteiger partial charge in [-0.25, -0.2) is 4.98 Å². The van der Waals surface area contributed by atoms with Gasteiger partial charge in [-0.1, -0.05) is 30.3 Å². The summed E-state index contributed by atoms with van der Waals surface area (Å²) >= 11 is 0. The monoisotopic (exact) mass is 373 g/mol. The van der Waals surface area contributed by atoms with Crippen molar-refractivity contribution in [2.45, 2.75) is 37.6 Å². The lowest BCUT2D eigenvalue weighted by atomic mass is 9.89. The number of para-hydroxylation sites is 1. The van der Waals surface area contributed by atoms with Gasteiger partial charge >= 0.3 is 0 Å². The van der Waals surface area contributed by atoms with E-state index < -0.39 is 0 Å². The molecule has 1 N–H and O–H groups in total. The smallest absolute Gasteiger partial charge is 0.225 e. The molecule has 142 valence electrons. The molecule has 2 atom stereocenters. The Bertz CT molecular complexity index is 993. The second-order valence-corrected chi connectivity index (χ2v) is 7.63. The van der Waals surface area contributed by atoms with E-state index in [1.807, 2.05) is 48.9 Å². The molecule has 3 heterocycles. The van der Waals surface area contributed by atoms with Crippen molar-refractivity contribution in [1.29, 1.82) is 0 Å². The van der Waals surface area contributed by atoms with Crippen molar-refractivity contribution in [3.63, 3.8) is 0 Å². The lowest BCUT2D eigenvalue weighted by Crippen LogP contribution is -2.17. The third-order valence-electron chi connectivity index (χ3n) is 5.82. The fourth-order valence-electron chi connectivity index (χ4n) is 4.39. The predicted octanol–water partition coefficient (Wildman–Crippen LogP) is 4.31. The summed E-state index contributed by atoms with van der Waals surface area (Å²) < 4.78 is 7.92. The van der Waals surface area contributed by atoms with Crippen LogP contribution in [0.3, 0.4) is 0 Å². The minimum Gasteiger partial charge on any atom is -0.493 e. The minimum atomic E-state index is 0.0220. The Kier molecular flexibility index (Phi) is 4.35. The van der Waals surface area contributed by atoms with Crippen molar-refractivity contribution in [2.75, 3.05) is 11.9 Å². The normalized spacial score (nSPS) is 20.1. The minimum absolute atomic E-state index is 0.0220. The Labute approximate surface area is 164 Å². The van der Waals surface area contributed by atoms with Crippen LogP contribution in [-0.2, 0) is 11.3 Å². The number of fused-ring (bicyclic) bond motifs is 2. The number of aryl methyl sites for hydroxylation is 1. The number of benzene rings is 2. The molecule has 0 fully saturated rings. The fraction of sp³-hybridized carbons (Fsp3) is 0.304. The highest BCUT2D eigenvalue weighted by Crippen LogP contribution is 2.36. The zero-order valence-electron chi connectivity index (χ0n) is 15.7. The molecule has 0 bridgehead atoms. The summed E-state index contributed by atoms with van der Waals surface area (Å²) in [6, 6.07) is 16.2. The Morgan fingerprint density at radius 3 is 2.93 bits per heavy atom. The zero-order chi connectivity index (χ0) is 18.9. The quantitative estimate of drug-likeness (QED) is 0.741. The molecule has 0 aliphatic carbocycles. The lowest BCUT2D eigenvalue weighted by molar-refractivity contribution is -0.116. The number of rotatable bonds is 4. The number of nitrogens with one attached hydrogen (secondary N) is 1. The first kappa shape index (κ1) is 17.0. The van der Waals surface area contributed by atoms with E-state index in [4.69, 9.17) is 4.74 Å². The standard InChI is InChI=1S/C23H23N3O2/c27-23(12-17-14-28-22-6-2-1-4-20(17)22)25-18-9-7-16(8-10-18)19-5-3-11-26-15-24-13-21(19)26/h1-2,4,6-10,13,15,17,19H,3,5,11-12,14H2,(H,25,27). The molecular formula is C23H23N3O2. The van der Waals surface area contributed by atoms with Crippen LogP contribution in [0, 0.1) is 0 Å². The summed E-state index contributed by atoms with van der Waals surface area (Å²) in [5.74, 6) is 1.43. The van der Waals surface area contributed by atoms with E-state index in [-0.39, 0.29) is 11.8 Å². The highest BCUT2D eigenvalue weighted by molar-refractivity contribution is 5.91. The Morgan fingerprint density at radius 2 is 2.04 bits per heavy atom. The van der Waals surface area contributed by atoms with Crippen LogP contribution in [0.25, 0.3) is 0 Å². The van der Waals surface area contributed by atoms with Crippen molar-refractivity contribution in [3.8, 4) is 5.75 Å². The van der Waals surface area contributed by atoms with Gasteiger partial charge in [-0.15, -0.1) is 0 Å². The van der Waals surface area contributed by atoms with E-state index in [0.29, 0.717) is 18.9 Å². The van der Waals surface area contributed by atoms with Gasteiger partial charge in [0.15, 0.2) is 0 Å². The first-order valence-electron chi connectivity index (χ1n) is 9.89. The van der Waals surface area contributed by atoms with Crippen LogP contribution in [0.1, 0.15) is 47.9 Å². The average Bonchev–Trinajstić information content (AvgIpc) is 3.36. The van der Waals surface area contributed by atoms with Crippen molar-refractivity contribution in [3.05, 3.63) is 77.9 Å². The predicted molar refractivity (Wildman–Crippen MR) is 108 cm³/mol. The number of ether oxygens (including phenoxy) is 1. The zero-order valence-corrected chi connectivity index (χ0v) is 15.7. The molecule has 1 aromatic heterocycles. The third kappa shape index (κ3) is 3.17. The molecule has 0 saturated heterocycles. The van der Waals surface area contributed by atoms with E-state index in [0.717, 1.165) is 36.4 Å². The Balaban J connectivity index is 1.24. The first-order chi connectivity index (χ1) is 13.8. The Morgan fingerprint density at radius 1 is 1.18 bits per heavy atom. The number of anilines is 1. The van der Waals surface area contributed by atoms with E-state index >= 15 is 0 Å². The average molecular weight is 373 g/mol. The molecule has 2 aromatic carbocycles. The van der Waals surface area contributed by atoms with Crippen molar-refractivity contribution in [2.24, 2.45) is 0 Å². The van der Waals surface area contributed by atoms with Crippen molar-refractivity contribution >= 4 is 11.6 Å². The maximum atomic E-state index is 12.5. The SMILES string of the molecule is O=C(CC1COc2ccccc21)Nc1ccc(C2CCCn3cncc32)cc1. The summed E-state index contributed by atoms with van der Waals surface area (Å²) in [5.41, 5.74) is 4.52. The number of aromatic nitrogens is 2. The van der Waals surface area contributed by atoms with Crippen LogP contribution >= 0.6 is 0 Å². The Hall–Kier alpha value is -3.08. The third-order valence-corrected chi connectivity index (χ3v) is 5.82. The highest BCUT2D eigenvalue weighted by atomic mass is 16.5. The summed E-state index contributed by atoms with van der Waals surface area (Å²) in [6.07, 6.45) is 6.62. The van der Waals surface area contributed by atoms with Gasteiger partial charge in [0.25, 0.3) is 0 Å². The molecule has 1 amide bonds. The molecular weight excluding hydrogens is 350 g/mol. The maximum Gasteiger partial charge on any atom is 0.225 e. The van der Waals surface area contributed by atoms with Gasteiger partial charge in [0.1, 0.15) is 5.75 Å². The fourth-order valence-corrected chi connectivity index (χ4v) is 4.39. The largest absolute Gasteiger partial charge is 0.493 e. The van der Waals surface area contributed by atoms with Gasteiger partial charge in [-0.2, -0.15) is 0 Å². The molecule has 0 spiro atoms. The van der Waals surface area contributed by atoms with Gasteiger partial charge < -0.3 is 14.6 Å². The number of hydrogen-bond donors (Lipinski definition) is 1. The summed E-state index contributed by atoms with van der Waals surface area (Å²) in [5, 5.41) is 3.03. The molecule has 0 saturated carbocycles. The molecule has 0 radical (unpaired) electrons. The topological polar surface area (TPSA) is 56.1 Å². The molecule has 28 heavy (non-hydrogen) atoms. The van der Waals surface area contributed by atoms with Crippen LogP contribution in [0.5, 0.6) is 5.75 Å². The molecule has 3 aromatic rings. The number of hydrogen-bond acceptors (Lipinski definition) is 3. The first-order valence-corrected chi connectivity index (χ1v) is 9.89. The van der Waals surface area contributed by atoms with E-state index in [9.17, 15) is 4.79 Å². The van der Waals surface area contributed by atoms with Gasteiger partial charge in [0.05, 0.1) is 12.9 Å². The molecule has 2 aliphatic heterocycles. The van der Waals surface area contributed by atoms with Crippen LogP contribution < -0.4 is 10.1 Å². The van der Waals surface area contributed by atoms with Crippen molar-refractivity contribution < 1.29 is 9.53 Å². The number of carbonyl (C=O) groups excluding carboxylic acids is 1. The van der Waals surface area contributed by atoms with Crippen LogP contribution in [0.15, 0.2) is 61.1 Å².